The maximum atomic E-state index is 13.0. The summed E-state index contributed by atoms with van der Waals surface area (Å²) in [4.78, 5) is 41.2. The topological polar surface area (TPSA) is 81.8 Å². The van der Waals surface area contributed by atoms with Crippen LogP contribution in [-0.2, 0) is 9.59 Å². The Balaban J connectivity index is 1.38. The molecule has 0 aromatic heterocycles. The first-order valence-electron chi connectivity index (χ1n) is 10.6. The zero-order valence-corrected chi connectivity index (χ0v) is 16.5. The minimum absolute atomic E-state index is 0.135. The fraction of sp³-hybridized carbons (Fsp3) is 0.850. The van der Waals surface area contributed by atoms with Crippen molar-refractivity contribution in [2.24, 2.45) is 5.92 Å². The number of nitrogens with one attached hydrogen (secondary N) is 2. The first kappa shape index (κ1) is 18.7. The normalized spacial score (nSPS) is 38.4. The van der Waals surface area contributed by atoms with Gasteiger partial charge in [-0.2, -0.15) is 0 Å². The van der Waals surface area contributed by atoms with E-state index >= 15 is 0 Å². The van der Waals surface area contributed by atoms with Crippen LogP contribution in [0.3, 0.4) is 0 Å². The number of urea groups is 1. The van der Waals surface area contributed by atoms with E-state index in [4.69, 9.17) is 0 Å². The zero-order chi connectivity index (χ0) is 19.2. The molecule has 7 heteroatoms. The molecule has 27 heavy (non-hydrogen) atoms. The van der Waals surface area contributed by atoms with Crippen LogP contribution in [0.25, 0.3) is 0 Å². The van der Waals surface area contributed by atoms with Crippen LogP contribution < -0.4 is 10.6 Å². The molecule has 4 fully saturated rings. The summed E-state index contributed by atoms with van der Waals surface area (Å²) in [6, 6.07) is 0.795. The van der Waals surface area contributed by atoms with Crippen molar-refractivity contribution in [1.29, 1.82) is 0 Å². The third-order valence-electron chi connectivity index (χ3n) is 7.46. The number of amides is 4. The Kier molecular flexibility index (Phi) is 4.91. The molecule has 4 amide bonds. The third-order valence-corrected chi connectivity index (χ3v) is 7.46. The molecule has 150 valence electrons. The average molecular weight is 377 g/mol. The second kappa shape index (κ2) is 7.08. The van der Waals surface area contributed by atoms with Gasteiger partial charge in [-0.15, -0.1) is 0 Å². The lowest BCUT2D eigenvalue weighted by Crippen LogP contribution is -2.52. The molecule has 3 aliphatic heterocycles. The predicted octanol–water partition coefficient (Wildman–Crippen LogP) is 1.62. The highest BCUT2D eigenvalue weighted by Gasteiger charge is 2.52. The van der Waals surface area contributed by atoms with Crippen LogP contribution >= 0.6 is 0 Å². The van der Waals surface area contributed by atoms with Gasteiger partial charge in [0, 0.05) is 25.2 Å². The quantitative estimate of drug-likeness (QED) is 0.731. The highest BCUT2D eigenvalue weighted by Crippen LogP contribution is 2.37. The maximum Gasteiger partial charge on any atom is 0.325 e. The molecule has 1 aliphatic carbocycles. The third kappa shape index (κ3) is 3.35. The number of hydrogen-bond donors (Lipinski definition) is 2. The number of carbonyl (C=O) groups is 3. The van der Waals surface area contributed by atoms with Gasteiger partial charge in [0.2, 0.25) is 5.91 Å². The van der Waals surface area contributed by atoms with Gasteiger partial charge in [0.15, 0.2) is 0 Å². The van der Waals surface area contributed by atoms with Crippen molar-refractivity contribution in [3.63, 3.8) is 0 Å². The van der Waals surface area contributed by atoms with Crippen molar-refractivity contribution in [1.82, 2.24) is 20.4 Å². The van der Waals surface area contributed by atoms with Crippen LogP contribution in [0, 0.1) is 5.92 Å². The van der Waals surface area contributed by atoms with E-state index in [9.17, 15) is 14.4 Å². The number of likely N-dealkylation sites (N-methyl/N-ethyl adjacent to an activating group) is 1. The zero-order valence-electron chi connectivity index (χ0n) is 16.5. The Bertz CT molecular complexity index is 617. The molecule has 4 aliphatic rings. The SMILES string of the molecule is CCC1CCC2(CC1)NC(=O)N(CC(=O)N(C)C1CC3CCC(C1)N3)C2=O. The Morgan fingerprint density at radius 2 is 1.78 bits per heavy atom. The molecular formula is C20H32N4O3. The average Bonchev–Trinajstić information content (AvgIpc) is 3.12. The van der Waals surface area contributed by atoms with Crippen LogP contribution in [0.15, 0.2) is 0 Å². The van der Waals surface area contributed by atoms with Gasteiger partial charge in [0.05, 0.1) is 0 Å². The van der Waals surface area contributed by atoms with Crippen molar-refractivity contribution in [2.75, 3.05) is 13.6 Å². The first-order valence-corrected chi connectivity index (χ1v) is 10.6. The molecule has 3 saturated heterocycles. The summed E-state index contributed by atoms with van der Waals surface area (Å²) in [5, 5.41) is 6.50. The molecule has 1 saturated carbocycles. The molecular weight excluding hydrogens is 344 g/mol. The van der Waals surface area contributed by atoms with E-state index < -0.39 is 11.6 Å². The summed E-state index contributed by atoms with van der Waals surface area (Å²) in [5.74, 6) is 0.302. The highest BCUT2D eigenvalue weighted by molar-refractivity contribution is 6.09. The van der Waals surface area contributed by atoms with E-state index in [-0.39, 0.29) is 24.4 Å². The lowest BCUT2D eigenvalue weighted by Gasteiger charge is -2.36. The van der Waals surface area contributed by atoms with E-state index in [2.05, 4.69) is 17.6 Å². The minimum Gasteiger partial charge on any atom is -0.341 e. The number of carbonyl (C=O) groups excluding carboxylic acids is 3. The summed E-state index contributed by atoms with van der Waals surface area (Å²) < 4.78 is 0. The molecule has 4 rings (SSSR count). The van der Waals surface area contributed by atoms with Crippen LogP contribution in [0.4, 0.5) is 4.79 Å². The maximum absolute atomic E-state index is 13.0. The Morgan fingerprint density at radius 3 is 2.37 bits per heavy atom. The van der Waals surface area contributed by atoms with Crippen LogP contribution in [0.5, 0.6) is 0 Å². The number of imide groups is 1. The van der Waals surface area contributed by atoms with Crippen LogP contribution in [0.2, 0.25) is 0 Å². The Labute approximate surface area is 161 Å². The summed E-state index contributed by atoms with van der Waals surface area (Å²) in [5.41, 5.74) is -0.768. The minimum atomic E-state index is -0.768. The van der Waals surface area contributed by atoms with Gasteiger partial charge in [-0.25, -0.2) is 4.79 Å². The van der Waals surface area contributed by atoms with Crippen molar-refractivity contribution >= 4 is 17.8 Å². The first-order chi connectivity index (χ1) is 12.9. The number of hydrogen-bond acceptors (Lipinski definition) is 4. The van der Waals surface area contributed by atoms with Gasteiger partial charge >= 0.3 is 6.03 Å². The van der Waals surface area contributed by atoms with E-state index in [1.54, 1.807) is 4.90 Å². The van der Waals surface area contributed by atoms with Crippen molar-refractivity contribution in [3.8, 4) is 0 Å². The molecule has 7 nitrogen and oxygen atoms in total. The van der Waals surface area contributed by atoms with Gasteiger partial charge in [0.25, 0.3) is 5.91 Å². The lowest BCUT2D eigenvalue weighted by molar-refractivity contribution is -0.140. The summed E-state index contributed by atoms with van der Waals surface area (Å²) in [6.45, 7) is 2.03. The molecule has 3 heterocycles. The number of fused-ring (bicyclic) bond motifs is 2. The molecule has 0 radical (unpaired) electrons. The fourth-order valence-electron chi connectivity index (χ4n) is 5.53. The molecule has 2 bridgehead atoms. The molecule has 2 atom stereocenters. The van der Waals surface area contributed by atoms with E-state index in [1.165, 1.54) is 12.8 Å². The second-order valence-electron chi connectivity index (χ2n) is 9.02. The van der Waals surface area contributed by atoms with Crippen molar-refractivity contribution in [2.45, 2.75) is 88.4 Å². The molecule has 0 aromatic rings. The summed E-state index contributed by atoms with van der Waals surface area (Å²) in [6.07, 6.45) is 8.69. The number of nitrogens with zero attached hydrogens (tertiary/aromatic N) is 2. The van der Waals surface area contributed by atoms with Crippen LogP contribution in [-0.4, -0.2) is 64.9 Å². The lowest BCUT2D eigenvalue weighted by atomic mass is 9.75. The van der Waals surface area contributed by atoms with Crippen molar-refractivity contribution in [3.05, 3.63) is 0 Å². The predicted molar refractivity (Wildman–Crippen MR) is 101 cm³/mol. The van der Waals surface area contributed by atoms with Gasteiger partial charge in [-0.3, -0.25) is 14.5 Å². The monoisotopic (exact) mass is 376 g/mol. The standard InChI is InChI=1S/C20H32N4O3/c1-3-13-6-8-20(9-7-13)18(26)24(19(27)22-20)12-17(25)23(2)16-10-14-4-5-15(11-16)21-14/h13-16,21H,3-12H2,1-2H3,(H,22,27). The van der Waals surface area contributed by atoms with E-state index in [0.29, 0.717) is 30.8 Å². The van der Waals surface area contributed by atoms with Gasteiger partial charge in [-0.1, -0.05) is 13.3 Å². The van der Waals surface area contributed by atoms with Gasteiger partial charge < -0.3 is 15.5 Å². The molecule has 2 N–H and O–H groups in total. The summed E-state index contributed by atoms with van der Waals surface area (Å²) >= 11 is 0. The second-order valence-corrected chi connectivity index (χ2v) is 9.02. The van der Waals surface area contributed by atoms with E-state index in [1.807, 2.05) is 7.05 Å². The van der Waals surface area contributed by atoms with Gasteiger partial charge in [0.1, 0.15) is 12.1 Å². The Hall–Kier alpha value is -1.63. The van der Waals surface area contributed by atoms with E-state index in [0.717, 1.165) is 37.0 Å². The molecule has 1 spiro atoms. The van der Waals surface area contributed by atoms with Crippen molar-refractivity contribution < 1.29 is 14.4 Å². The molecule has 0 aromatic carbocycles. The Morgan fingerprint density at radius 1 is 1.15 bits per heavy atom. The number of piperidine rings is 1. The van der Waals surface area contributed by atoms with Crippen LogP contribution in [0.1, 0.15) is 64.7 Å². The molecule has 2 unspecified atom stereocenters. The largest absolute Gasteiger partial charge is 0.341 e. The number of rotatable bonds is 4. The smallest absolute Gasteiger partial charge is 0.325 e. The highest BCUT2D eigenvalue weighted by atomic mass is 16.2. The fourth-order valence-corrected chi connectivity index (χ4v) is 5.53. The summed E-state index contributed by atoms with van der Waals surface area (Å²) in [7, 11) is 1.82. The van der Waals surface area contributed by atoms with Gasteiger partial charge in [-0.05, 0) is 57.3 Å².